The molecule has 0 aliphatic heterocycles. The first-order valence-electron chi connectivity index (χ1n) is 11.2. The number of unbranched alkanes of at least 4 members (excludes halogenated alkanes) is 9. The molecule has 0 spiro atoms. The van der Waals surface area contributed by atoms with E-state index < -0.39 is 21.3 Å². The van der Waals surface area contributed by atoms with Gasteiger partial charge in [-0.15, -0.1) is 0 Å². The van der Waals surface area contributed by atoms with E-state index >= 15 is 0 Å². The zero-order valence-electron chi connectivity index (χ0n) is 17.6. The molecule has 2 fully saturated rings. The van der Waals surface area contributed by atoms with Gasteiger partial charge in [0.2, 0.25) is 0 Å². The van der Waals surface area contributed by atoms with Crippen molar-refractivity contribution in [2.45, 2.75) is 104 Å². The smallest absolute Gasteiger partial charge is 0.265 e. The summed E-state index contributed by atoms with van der Waals surface area (Å²) in [5, 5.41) is 0. The molecule has 3 unspecified atom stereocenters. The van der Waals surface area contributed by atoms with Crippen molar-refractivity contribution < 1.29 is 17.8 Å². The highest BCUT2D eigenvalue weighted by atomic mass is 32.2. The number of ketones is 1. The normalized spacial score (nSPS) is 29.6. The fourth-order valence-corrected chi connectivity index (χ4v) is 7.23. The molecule has 0 aromatic rings. The maximum absolute atomic E-state index is 13.1. The van der Waals surface area contributed by atoms with Crippen molar-refractivity contribution in [3.8, 4) is 0 Å². The number of rotatable bonds is 13. The molecule has 4 nitrogen and oxygen atoms in total. The first kappa shape index (κ1) is 22.9. The minimum absolute atomic E-state index is 0.00968. The molecule has 27 heavy (non-hydrogen) atoms. The molecule has 5 heteroatoms. The van der Waals surface area contributed by atoms with Crippen LogP contribution in [-0.4, -0.2) is 24.5 Å². The van der Waals surface area contributed by atoms with Crippen molar-refractivity contribution in [1.29, 1.82) is 0 Å². The molecule has 2 saturated carbocycles. The Bertz CT molecular complexity index is 595. The van der Waals surface area contributed by atoms with E-state index in [4.69, 9.17) is 0 Å². The zero-order valence-corrected chi connectivity index (χ0v) is 18.5. The lowest BCUT2D eigenvalue weighted by Gasteiger charge is -2.35. The third-order valence-corrected chi connectivity index (χ3v) is 8.49. The van der Waals surface area contributed by atoms with E-state index in [1.807, 2.05) is 13.8 Å². The Hall–Kier alpha value is -0.420. The van der Waals surface area contributed by atoms with Crippen molar-refractivity contribution >= 4 is 15.9 Å². The van der Waals surface area contributed by atoms with Gasteiger partial charge in [0.25, 0.3) is 10.1 Å². The van der Waals surface area contributed by atoms with Gasteiger partial charge in [0.15, 0.2) is 0 Å². The molecule has 0 aromatic heterocycles. The zero-order chi connectivity index (χ0) is 20.1. The fraction of sp³-hybridized carbons (Fsp3) is 0.955. The minimum Gasteiger partial charge on any atom is -0.299 e. The summed E-state index contributed by atoms with van der Waals surface area (Å²) >= 11 is 0. The van der Waals surface area contributed by atoms with Crippen molar-refractivity contribution in [3.63, 3.8) is 0 Å². The fourth-order valence-electron chi connectivity index (χ4n) is 5.95. The van der Waals surface area contributed by atoms with Crippen LogP contribution in [0.3, 0.4) is 0 Å². The van der Waals surface area contributed by atoms with Crippen LogP contribution < -0.4 is 0 Å². The molecule has 2 aliphatic carbocycles. The largest absolute Gasteiger partial charge is 0.299 e. The van der Waals surface area contributed by atoms with Gasteiger partial charge >= 0.3 is 0 Å². The number of Topliss-reactive ketones (excluding diaryl/α,β-unsaturated/α-hetero) is 1. The minimum atomic E-state index is -4.14. The Morgan fingerprint density at radius 2 is 1.48 bits per heavy atom. The summed E-state index contributed by atoms with van der Waals surface area (Å²) in [6.07, 6.45) is 15.2. The van der Waals surface area contributed by atoms with Crippen molar-refractivity contribution in [3.05, 3.63) is 0 Å². The Morgan fingerprint density at radius 3 is 2.00 bits per heavy atom. The number of carbonyl (C=O) groups is 1. The Balaban J connectivity index is 1.75. The Kier molecular flexibility index (Phi) is 7.95. The van der Waals surface area contributed by atoms with Gasteiger partial charge in [-0.05, 0) is 30.6 Å². The summed E-state index contributed by atoms with van der Waals surface area (Å²) in [5.41, 5.74) is -1.20. The van der Waals surface area contributed by atoms with Gasteiger partial charge in [-0.25, -0.2) is 0 Å². The lowest BCUT2D eigenvalue weighted by atomic mass is 9.70. The third kappa shape index (κ3) is 5.14. The van der Waals surface area contributed by atoms with Crippen LogP contribution in [0.15, 0.2) is 0 Å². The van der Waals surface area contributed by atoms with E-state index in [9.17, 15) is 17.8 Å². The van der Waals surface area contributed by atoms with Crippen LogP contribution in [0.2, 0.25) is 0 Å². The summed E-state index contributed by atoms with van der Waals surface area (Å²) in [4.78, 5) is 13.1. The number of carbonyl (C=O) groups excluding carboxylic acids is 1. The maximum atomic E-state index is 13.1. The number of hydrogen-bond donors (Lipinski definition) is 1. The molecule has 0 radical (unpaired) electrons. The van der Waals surface area contributed by atoms with Gasteiger partial charge in [-0.1, -0.05) is 85.0 Å². The maximum Gasteiger partial charge on any atom is 0.265 e. The van der Waals surface area contributed by atoms with Gasteiger partial charge in [0.1, 0.15) is 5.78 Å². The van der Waals surface area contributed by atoms with Crippen LogP contribution in [0.4, 0.5) is 0 Å². The predicted octanol–water partition coefficient (Wildman–Crippen LogP) is 5.81. The quantitative estimate of drug-likeness (QED) is 0.313. The van der Waals surface area contributed by atoms with E-state index in [1.165, 1.54) is 51.4 Å². The van der Waals surface area contributed by atoms with Crippen molar-refractivity contribution in [2.75, 3.05) is 5.75 Å². The first-order chi connectivity index (χ1) is 12.7. The highest BCUT2D eigenvalue weighted by Gasteiger charge is 2.69. The molecule has 0 heterocycles. The SMILES string of the molecule is CCCCCCCCCCCCC1C(=O)C2(CS(=O)(=O)O)CCC1C2(C)C. The number of fused-ring (bicyclic) bond motifs is 2. The van der Waals surface area contributed by atoms with Gasteiger partial charge < -0.3 is 0 Å². The number of hydrogen-bond acceptors (Lipinski definition) is 3. The molecule has 1 N–H and O–H groups in total. The van der Waals surface area contributed by atoms with Crippen LogP contribution in [0.25, 0.3) is 0 Å². The summed E-state index contributed by atoms with van der Waals surface area (Å²) in [6.45, 7) is 6.31. The van der Waals surface area contributed by atoms with Crippen LogP contribution in [-0.2, 0) is 14.9 Å². The molecule has 2 bridgehead atoms. The van der Waals surface area contributed by atoms with Crippen LogP contribution in [0, 0.1) is 22.7 Å². The third-order valence-electron chi connectivity index (χ3n) is 7.63. The lowest BCUT2D eigenvalue weighted by Crippen LogP contribution is -2.42. The highest BCUT2D eigenvalue weighted by Crippen LogP contribution is 2.67. The second-order valence-corrected chi connectivity index (χ2v) is 11.1. The molecule has 0 aromatic carbocycles. The van der Waals surface area contributed by atoms with E-state index in [2.05, 4.69) is 6.92 Å². The molecular weight excluding hydrogens is 360 g/mol. The van der Waals surface area contributed by atoms with E-state index in [0.717, 1.165) is 25.7 Å². The van der Waals surface area contributed by atoms with Crippen molar-refractivity contribution in [1.82, 2.24) is 0 Å². The molecule has 0 amide bonds. The first-order valence-corrected chi connectivity index (χ1v) is 12.8. The second kappa shape index (κ2) is 9.39. The average molecular weight is 401 g/mol. The topological polar surface area (TPSA) is 71.4 Å². The van der Waals surface area contributed by atoms with Gasteiger partial charge in [-0.2, -0.15) is 8.42 Å². The van der Waals surface area contributed by atoms with E-state index in [1.54, 1.807) is 0 Å². The van der Waals surface area contributed by atoms with Crippen molar-refractivity contribution in [2.24, 2.45) is 22.7 Å². The van der Waals surface area contributed by atoms with Gasteiger partial charge in [0.05, 0.1) is 11.2 Å². The molecule has 2 rings (SSSR count). The average Bonchev–Trinajstić information content (AvgIpc) is 2.89. The summed E-state index contributed by atoms with van der Waals surface area (Å²) in [7, 11) is -4.14. The van der Waals surface area contributed by atoms with E-state index in [0.29, 0.717) is 6.42 Å². The monoisotopic (exact) mass is 400 g/mol. The molecule has 0 saturated heterocycles. The standard InChI is InChI=1S/C22H40O4S/c1-4-5-6-7-8-9-10-11-12-13-14-18-19-15-16-22(20(18)23,21(19,2)3)17-27(24,25)26/h18-19H,4-17H2,1-3H3,(H,24,25,26). The molecule has 158 valence electrons. The molecule has 2 aliphatic rings. The van der Waals surface area contributed by atoms with Crippen LogP contribution in [0.1, 0.15) is 104 Å². The summed E-state index contributed by atoms with van der Waals surface area (Å²) in [6, 6.07) is 0. The molecule has 3 atom stereocenters. The highest BCUT2D eigenvalue weighted by molar-refractivity contribution is 7.85. The predicted molar refractivity (Wildman–Crippen MR) is 110 cm³/mol. The summed E-state index contributed by atoms with van der Waals surface area (Å²) < 4.78 is 32.5. The van der Waals surface area contributed by atoms with Gasteiger partial charge in [0, 0.05) is 5.92 Å². The summed E-state index contributed by atoms with van der Waals surface area (Å²) in [5.74, 6) is -0.0243. The Morgan fingerprint density at radius 1 is 0.963 bits per heavy atom. The van der Waals surface area contributed by atoms with Crippen LogP contribution in [0.5, 0.6) is 0 Å². The van der Waals surface area contributed by atoms with Gasteiger partial charge in [-0.3, -0.25) is 9.35 Å². The Labute approximate surface area is 166 Å². The van der Waals surface area contributed by atoms with Crippen LogP contribution >= 0.6 is 0 Å². The van der Waals surface area contributed by atoms with E-state index in [-0.39, 0.29) is 23.0 Å². The second-order valence-electron chi connectivity index (χ2n) is 9.62. The lowest BCUT2D eigenvalue weighted by molar-refractivity contribution is -0.131. The molecular formula is C22H40O4S.